The smallest absolute Gasteiger partial charge is 0.305 e. The predicted octanol–water partition coefficient (Wildman–Crippen LogP) is 3.54. The number of carbonyl (C=O) groups excluding carboxylic acids is 1. The van der Waals surface area contributed by atoms with E-state index in [1.165, 1.54) is 4.88 Å². The number of nitrogens with zero attached hydrogens (tertiary/aromatic N) is 1. The highest BCUT2D eigenvalue weighted by Gasteiger charge is 2.01. The highest BCUT2D eigenvalue weighted by molar-refractivity contribution is 14.0. The van der Waals surface area contributed by atoms with Crippen molar-refractivity contribution >= 4 is 47.2 Å². The minimum absolute atomic E-state index is 0. The second-order valence-corrected chi connectivity index (χ2v) is 5.93. The van der Waals surface area contributed by atoms with Gasteiger partial charge in [-0.15, -0.1) is 35.3 Å². The molecule has 0 amide bonds. The van der Waals surface area contributed by atoms with Crippen molar-refractivity contribution in [2.45, 2.75) is 45.6 Å². The highest BCUT2D eigenvalue weighted by atomic mass is 127. The monoisotopic (exact) mass is 453 g/mol. The van der Waals surface area contributed by atoms with E-state index in [4.69, 9.17) is 4.74 Å². The lowest BCUT2D eigenvalue weighted by Gasteiger charge is -2.11. The fraction of sp³-hybridized carbons (Fsp3) is 0.625. The van der Waals surface area contributed by atoms with Gasteiger partial charge in [-0.2, -0.15) is 0 Å². The normalized spacial score (nSPS) is 10.8. The number of thiophene rings is 1. The van der Waals surface area contributed by atoms with Crippen LogP contribution in [0.15, 0.2) is 22.5 Å². The van der Waals surface area contributed by atoms with E-state index in [0.717, 1.165) is 44.7 Å². The summed E-state index contributed by atoms with van der Waals surface area (Å²) in [6, 6.07) is 4.16. The molecule has 1 heterocycles. The number of halogens is 1. The summed E-state index contributed by atoms with van der Waals surface area (Å²) in [7, 11) is 1.78. The molecular weight excluding hydrogens is 425 g/mol. The maximum atomic E-state index is 11.2. The summed E-state index contributed by atoms with van der Waals surface area (Å²) in [5.41, 5.74) is 0. The van der Waals surface area contributed by atoms with E-state index < -0.39 is 0 Å². The molecule has 5 nitrogen and oxygen atoms in total. The molecule has 0 aliphatic carbocycles. The average molecular weight is 453 g/mol. The largest absolute Gasteiger partial charge is 0.466 e. The summed E-state index contributed by atoms with van der Waals surface area (Å²) in [5.74, 6) is 0.749. The van der Waals surface area contributed by atoms with Crippen LogP contribution in [0.2, 0.25) is 0 Å². The molecule has 0 spiro atoms. The third-order valence-corrected chi connectivity index (χ3v) is 4.02. The Kier molecular flexibility index (Phi) is 14.2. The van der Waals surface area contributed by atoms with Gasteiger partial charge in [-0.25, -0.2) is 0 Å². The molecular formula is C16H28IN3O2S. The fourth-order valence-corrected chi connectivity index (χ4v) is 2.64. The van der Waals surface area contributed by atoms with Crippen LogP contribution >= 0.6 is 35.3 Å². The SMILES string of the molecule is CCOC(=O)CCCCCCNC(=NC)NCc1cccs1.I. The van der Waals surface area contributed by atoms with Crippen molar-refractivity contribution in [3.05, 3.63) is 22.4 Å². The van der Waals surface area contributed by atoms with Gasteiger partial charge in [-0.3, -0.25) is 9.79 Å². The van der Waals surface area contributed by atoms with Gasteiger partial charge in [0.05, 0.1) is 13.2 Å². The number of aliphatic imine (C=N–C) groups is 1. The molecule has 0 radical (unpaired) electrons. The summed E-state index contributed by atoms with van der Waals surface area (Å²) in [5, 5.41) is 8.67. The summed E-state index contributed by atoms with van der Waals surface area (Å²) >= 11 is 1.74. The van der Waals surface area contributed by atoms with Crippen molar-refractivity contribution < 1.29 is 9.53 Å². The molecule has 23 heavy (non-hydrogen) atoms. The van der Waals surface area contributed by atoms with Gasteiger partial charge in [0.25, 0.3) is 0 Å². The van der Waals surface area contributed by atoms with E-state index in [1.54, 1.807) is 18.4 Å². The van der Waals surface area contributed by atoms with Gasteiger partial charge in [0.1, 0.15) is 0 Å². The standard InChI is InChI=1S/C16H27N3O2S.HI/c1-3-21-15(20)10-6-4-5-7-11-18-16(17-2)19-13-14-9-8-12-22-14;/h8-9,12H,3-7,10-11,13H2,1-2H3,(H2,17,18,19);1H. The first-order valence-electron chi connectivity index (χ1n) is 7.88. The van der Waals surface area contributed by atoms with Crippen LogP contribution < -0.4 is 10.6 Å². The van der Waals surface area contributed by atoms with Crippen LogP contribution in [0.25, 0.3) is 0 Å². The zero-order valence-electron chi connectivity index (χ0n) is 14.0. The average Bonchev–Trinajstić information content (AvgIpc) is 3.03. The molecule has 0 aliphatic heterocycles. The van der Waals surface area contributed by atoms with E-state index in [0.29, 0.717) is 13.0 Å². The highest BCUT2D eigenvalue weighted by Crippen LogP contribution is 2.07. The summed E-state index contributed by atoms with van der Waals surface area (Å²) < 4.78 is 4.90. The molecule has 1 aromatic rings. The quantitative estimate of drug-likeness (QED) is 0.187. The number of ether oxygens (including phenoxy) is 1. The van der Waals surface area contributed by atoms with Crippen LogP contribution in [0.5, 0.6) is 0 Å². The minimum Gasteiger partial charge on any atom is -0.466 e. The molecule has 0 saturated carbocycles. The van der Waals surface area contributed by atoms with Crippen LogP contribution in [0.1, 0.15) is 43.9 Å². The fourth-order valence-electron chi connectivity index (χ4n) is 1.99. The van der Waals surface area contributed by atoms with E-state index in [1.807, 2.05) is 13.0 Å². The van der Waals surface area contributed by atoms with Crippen LogP contribution in [0.4, 0.5) is 0 Å². The first-order valence-corrected chi connectivity index (χ1v) is 8.76. The minimum atomic E-state index is -0.0844. The van der Waals surface area contributed by atoms with E-state index in [2.05, 4.69) is 27.1 Å². The van der Waals surface area contributed by atoms with Gasteiger partial charge in [0, 0.05) is 24.9 Å². The van der Waals surface area contributed by atoms with E-state index >= 15 is 0 Å². The topological polar surface area (TPSA) is 62.7 Å². The Morgan fingerprint density at radius 1 is 1.26 bits per heavy atom. The van der Waals surface area contributed by atoms with Crippen LogP contribution in [0.3, 0.4) is 0 Å². The lowest BCUT2D eigenvalue weighted by atomic mass is 10.1. The van der Waals surface area contributed by atoms with Gasteiger partial charge in [-0.1, -0.05) is 18.9 Å². The third-order valence-electron chi connectivity index (χ3n) is 3.14. The zero-order chi connectivity index (χ0) is 16.0. The first-order chi connectivity index (χ1) is 10.8. The first kappa shape index (κ1) is 22.2. The predicted molar refractivity (Wildman–Crippen MR) is 108 cm³/mol. The molecule has 0 aromatic carbocycles. The van der Waals surface area contributed by atoms with Gasteiger partial charge < -0.3 is 15.4 Å². The Hall–Kier alpha value is -0.830. The van der Waals surface area contributed by atoms with Gasteiger partial charge in [0.2, 0.25) is 0 Å². The zero-order valence-corrected chi connectivity index (χ0v) is 17.1. The van der Waals surface area contributed by atoms with Crippen molar-refractivity contribution in [3.8, 4) is 0 Å². The number of hydrogen-bond donors (Lipinski definition) is 2. The van der Waals surface area contributed by atoms with Gasteiger partial charge in [0.15, 0.2) is 5.96 Å². The number of unbranched alkanes of at least 4 members (excludes halogenated alkanes) is 3. The number of esters is 1. The Bertz CT molecular complexity index is 439. The Labute approximate surface area is 160 Å². The molecule has 0 aliphatic rings. The number of hydrogen-bond acceptors (Lipinski definition) is 4. The Balaban J connectivity index is 0.00000484. The number of guanidine groups is 1. The van der Waals surface area contributed by atoms with E-state index in [-0.39, 0.29) is 29.9 Å². The lowest BCUT2D eigenvalue weighted by Crippen LogP contribution is -2.37. The molecule has 0 fully saturated rings. The second kappa shape index (κ2) is 14.7. The molecule has 132 valence electrons. The summed E-state index contributed by atoms with van der Waals surface area (Å²) in [6.45, 7) is 4.00. The third kappa shape index (κ3) is 11.4. The summed E-state index contributed by atoms with van der Waals surface area (Å²) in [6.07, 6.45) is 4.67. The molecule has 0 atom stereocenters. The maximum Gasteiger partial charge on any atom is 0.305 e. The number of rotatable bonds is 10. The lowest BCUT2D eigenvalue weighted by molar-refractivity contribution is -0.143. The molecule has 2 N–H and O–H groups in total. The summed E-state index contributed by atoms with van der Waals surface area (Å²) in [4.78, 5) is 16.7. The van der Waals surface area contributed by atoms with Gasteiger partial charge in [-0.05, 0) is 31.2 Å². The van der Waals surface area contributed by atoms with Crippen LogP contribution in [-0.2, 0) is 16.1 Å². The van der Waals surface area contributed by atoms with Crippen molar-refractivity contribution in [3.63, 3.8) is 0 Å². The van der Waals surface area contributed by atoms with Gasteiger partial charge >= 0.3 is 5.97 Å². The number of carbonyl (C=O) groups is 1. The second-order valence-electron chi connectivity index (χ2n) is 4.90. The molecule has 0 unspecified atom stereocenters. The molecule has 0 saturated heterocycles. The Morgan fingerprint density at radius 3 is 2.70 bits per heavy atom. The van der Waals surface area contributed by atoms with Crippen LogP contribution in [-0.4, -0.2) is 32.1 Å². The van der Waals surface area contributed by atoms with Crippen LogP contribution in [0, 0.1) is 0 Å². The van der Waals surface area contributed by atoms with Crippen molar-refractivity contribution in [2.24, 2.45) is 4.99 Å². The van der Waals surface area contributed by atoms with Crippen molar-refractivity contribution in [1.29, 1.82) is 0 Å². The molecule has 7 heteroatoms. The molecule has 0 bridgehead atoms. The van der Waals surface area contributed by atoms with Crippen molar-refractivity contribution in [2.75, 3.05) is 20.2 Å². The number of nitrogens with one attached hydrogen (secondary N) is 2. The Morgan fingerprint density at radius 2 is 2.04 bits per heavy atom. The molecule has 1 rings (SSSR count). The van der Waals surface area contributed by atoms with Crippen molar-refractivity contribution in [1.82, 2.24) is 10.6 Å². The van der Waals surface area contributed by atoms with E-state index in [9.17, 15) is 4.79 Å². The molecule has 1 aromatic heterocycles. The maximum absolute atomic E-state index is 11.2.